The molecule has 2 N–H and O–H groups in total. The smallest absolute Gasteiger partial charge is 0.268 e. The lowest BCUT2D eigenvalue weighted by Gasteiger charge is -2.29. The zero-order valence-corrected chi connectivity index (χ0v) is 60.2. The molecule has 9 heteroatoms. The molecule has 0 aromatic carbocycles. The third kappa shape index (κ3) is 72.1. The van der Waals surface area contributed by atoms with E-state index in [0.29, 0.717) is 17.4 Å². The van der Waals surface area contributed by atoms with Crippen LogP contribution in [0.4, 0.5) is 0 Å². The molecule has 0 radical (unpaired) electrons. The van der Waals surface area contributed by atoms with E-state index in [2.05, 4.69) is 141 Å². The van der Waals surface area contributed by atoms with E-state index in [-0.39, 0.29) is 12.5 Å². The standard InChI is InChI=1S/C81H143N2O6P/c1-6-8-10-12-14-16-18-20-22-24-26-28-30-32-34-36-37-38-39-40-41-42-43-44-45-47-49-51-53-55-57-59-61-63-65-67-69-71-73-75-81(85)82-79(78-89-90(86,87)88-77-76-83(3,4)5)80(84)74-72-70-68-66-64-62-60-58-56-54-52-50-48-46-35-33-31-29-27-25-23-21-19-17-15-13-11-9-7-2/h8,10,14,16,20,22,26,28,32,34,37-38,40-41,43-44,47,49,64,66,72,74,79-80,84H,6-7,9,11-13,15,17-19,21,23-25,27,29-31,33,35-36,39,42,45-46,48,50-63,65,67-71,73,75-78H2,1-5H3,(H-,82,85,86,87)/b10-8-,16-14-,22-20-,28-26-,34-32-,38-37-,41-40-,44-43-,49-47-,66-64+,74-72+. The fourth-order valence-corrected chi connectivity index (χ4v) is 11.3. The third-order valence-corrected chi connectivity index (χ3v) is 17.3. The van der Waals surface area contributed by atoms with Crippen LogP contribution in [-0.4, -0.2) is 68.5 Å². The summed E-state index contributed by atoms with van der Waals surface area (Å²) in [4.78, 5) is 25.7. The molecule has 1 amide bonds. The van der Waals surface area contributed by atoms with E-state index in [4.69, 9.17) is 9.05 Å². The Kier molecular flexibility index (Phi) is 67.4. The minimum Gasteiger partial charge on any atom is -0.756 e. The van der Waals surface area contributed by atoms with Gasteiger partial charge in [-0.2, -0.15) is 0 Å². The minimum absolute atomic E-state index is 0.0122. The molecule has 0 fully saturated rings. The Bertz CT molecular complexity index is 1930. The summed E-state index contributed by atoms with van der Waals surface area (Å²) in [6.07, 6.45) is 106. The largest absolute Gasteiger partial charge is 0.756 e. The van der Waals surface area contributed by atoms with Gasteiger partial charge in [-0.25, -0.2) is 0 Å². The number of hydrogen-bond acceptors (Lipinski definition) is 6. The van der Waals surface area contributed by atoms with Crippen molar-refractivity contribution in [2.24, 2.45) is 0 Å². The van der Waals surface area contributed by atoms with Crippen LogP contribution in [0.15, 0.2) is 134 Å². The highest BCUT2D eigenvalue weighted by molar-refractivity contribution is 7.45. The molecule has 0 aliphatic heterocycles. The number of phosphoric ester groups is 1. The highest BCUT2D eigenvalue weighted by Gasteiger charge is 2.23. The first-order valence-electron chi connectivity index (χ1n) is 37.5. The lowest BCUT2D eigenvalue weighted by Crippen LogP contribution is -2.45. The summed E-state index contributed by atoms with van der Waals surface area (Å²) in [7, 11) is 1.24. The Morgan fingerprint density at radius 1 is 0.400 bits per heavy atom. The molecule has 0 saturated carbocycles. The van der Waals surface area contributed by atoms with Crippen molar-refractivity contribution in [1.82, 2.24) is 5.32 Å². The van der Waals surface area contributed by atoms with Crippen LogP contribution in [0, 0.1) is 0 Å². The fourth-order valence-electron chi connectivity index (χ4n) is 10.6. The topological polar surface area (TPSA) is 108 Å². The van der Waals surface area contributed by atoms with Crippen LogP contribution in [0.2, 0.25) is 0 Å². The monoisotopic (exact) mass is 1270 g/mol. The summed E-state index contributed by atoms with van der Waals surface area (Å²) in [6.45, 7) is 4.54. The maximum atomic E-state index is 13.1. The number of aliphatic hydroxyl groups is 1. The molecule has 0 saturated heterocycles. The van der Waals surface area contributed by atoms with Gasteiger partial charge in [0, 0.05) is 6.42 Å². The highest BCUT2D eigenvalue weighted by Crippen LogP contribution is 2.38. The maximum Gasteiger partial charge on any atom is 0.268 e. The number of quaternary nitrogens is 1. The van der Waals surface area contributed by atoms with Crippen LogP contribution < -0.4 is 10.2 Å². The first kappa shape index (κ1) is 86.6. The summed E-state index contributed by atoms with van der Waals surface area (Å²) in [5.41, 5.74) is 0. The zero-order valence-electron chi connectivity index (χ0n) is 59.3. The van der Waals surface area contributed by atoms with E-state index < -0.39 is 26.6 Å². The molecule has 518 valence electrons. The van der Waals surface area contributed by atoms with Crippen molar-refractivity contribution in [3.63, 3.8) is 0 Å². The van der Waals surface area contributed by atoms with Crippen molar-refractivity contribution < 1.29 is 32.9 Å². The number of nitrogens with one attached hydrogen (secondary N) is 1. The number of unbranched alkanes of at least 4 members (excludes halogenated alkanes) is 35. The molecule has 0 aromatic heterocycles. The van der Waals surface area contributed by atoms with Crippen LogP contribution in [0.5, 0.6) is 0 Å². The van der Waals surface area contributed by atoms with Crippen LogP contribution in [-0.2, 0) is 18.4 Å². The van der Waals surface area contributed by atoms with Gasteiger partial charge in [-0.1, -0.05) is 347 Å². The number of nitrogens with zero attached hydrogens (tertiary/aromatic N) is 1. The van der Waals surface area contributed by atoms with Crippen molar-refractivity contribution >= 4 is 13.7 Å². The number of aliphatic hydroxyl groups excluding tert-OH is 1. The van der Waals surface area contributed by atoms with Crippen LogP contribution >= 0.6 is 7.82 Å². The Balaban J connectivity index is 4.12. The van der Waals surface area contributed by atoms with Gasteiger partial charge in [-0.3, -0.25) is 9.36 Å². The number of phosphoric acid groups is 1. The summed E-state index contributed by atoms with van der Waals surface area (Å²) < 4.78 is 23.5. The SMILES string of the molecule is CC/C=C\C/C=C\C/C=C\C/C=C\C/C=C\C/C=C\C/C=C\C/C=C\C/C=C\CCCCCCCCCCCCCC(=O)NC(COP(=O)([O-])OCC[N+](C)(C)C)C(O)/C=C/CC/C=C/CCCCCCCCCCCCCCCCCCCCCCCCC. The van der Waals surface area contributed by atoms with Gasteiger partial charge in [-0.15, -0.1) is 0 Å². The third-order valence-electron chi connectivity index (χ3n) is 16.3. The minimum atomic E-state index is -4.62. The van der Waals surface area contributed by atoms with Gasteiger partial charge in [0.2, 0.25) is 5.91 Å². The second-order valence-electron chi connectivity index (χ2n) is 26.3. The molecule has 8 nitrogen and oxygen atoms in total. The molecular weight excluding hydrogens is 1130 g/mol. The molecule has 0 spiro atoms. The van der Waals surface area contributed by atoms with Crippen molar-refractivity contribution in [2.45, 2.75) is 334 Å². The van der Waals surface area contributed by atoms with Crippen molar-refractivity contribution in [3.05, 3.63) is 134 Å². The van der Waals surface area contributed by atoms with Crippen LogP contribution in [0.3, 0.4) is 0 Å². The molecular formula is C81H143N2O6P. The average molecular weight is 1270 g/mol. The quantitative estimate of drug-likeness (QED) is 0.0272. The van der Waals surface area contributed by atoms with Crippen LogP contribution in [0.25, 0.3) is 0 Å². The summed E-state index contributed by atoms with van der Waals surface area (Å²) in [5, 5.41) is 14.0. The normalized spacial score (nSPS) is 14.3. The average Bonchev–Trinajstić information content (AvgIpc) is 3.72. The molecule has 0 aliphatic carbocycles. The van der Waals surface area contributed by atoms with E-state index in [0.717, 1.165) is 103 Å². The molecule has 3 unspecified atom stereocenters. The first-order valence-corrected chi connectivity index (χ1v) is 39.0. The number of allylic oxidation sites excluding steroid dienone is 21. The Morgan fingerprint density at radius 3 is 1.03 bits per heavy atom. The number of hydrogen-bond donors (Lipinski definition) is 2. The number of carbonyl (C=O) groups excluding carboxylic acids is 1. The Hall–Kier alpha value is -3.36. The fraction of sp³-hybridized carbons (Fsp3) is 0.716. The lowest BCUT2D eigenvalue weighted by molar-refractivity contribution is -0.870. The lowest BCUT2D eigenvalue weighted by atomic mass is 10.0. The van der Waals surface area contributed by atoms with Crippen molar-refractivity contribution in [3.8, 4) is 0 Å². The molecule has 0 aliphatic rings. The van der Waals surface area contributed by atoms with Gasteiger partial charge in [0.25, 0.3) is 7.82 Å². The summed E-state index contributed by atoms with van der Waals surface area (Å²) >= 11 is 0. The second-order valence-corrected chi connectivity index (χ2v) is 27.7. The van der Waals surface area contributed by atoms with E-state index in [1.807, 2.05) is 27.2 Å². The molecule has 0 heterocycles. The highest BCUT2D eigenvalue weighted by atomic mass is 31.2. The van der Waals surface area contributed by atoms with E-state index in [1.165, 1.54) is 199 Å². The number of amides is 1. The first-order chi connectivity index (χ1) is 44.0. The van der Waals surface area contributed by atoms with E-state index in [9.17, 15) is 19.4 Å². The zero-order chi connectivity index (χ0) is 65.5. The summed E-state index contributed by atoms with van der Waals surface area (Å²) in [5.74, 6) is -0.212. The molecule has 0 aromatic rings. The van der Waals surface area contributed by atoms with Gasteiger partial charge in [-0.05, 0) is 103 Å². The van der Waals surface area contributed by atoms with Crippen molar-refractivity contribution in [2.75, 3.05) is 40.9 Å². The summed E-state index contributed by atoms with van der Waals surface area (Å²) in [6, 6.07) is -0.916. The molecule has 0 bridgehead atoms. The predicted molar refractivity (Wildman–Crippen MR) is 394 cm³/mol. The maximum absolute atomic E-state index is 13.1. The van der Waals surface area contributed by atoms with Gasteiger partial charge in [0.05, 0.1) is 39.9 Å². The van der Waals surface area contributed by atoms with Crippen LogP contribution in [0.1, 0.15) is 322 Å². The number of likely N-dealkylation sites (N-methyl/N-ethyl adjacent to an activating group) is 1. The second kappa shape index (κ2) is 70.0. The van der Waals surface area contributed by atoms with Gasteiger partial charge >= 0.3 is 0 Å². The predicted octanol–water partition coefficient (Wildman–Crippen LogP) is 23.9. The number of rotatable bonds is 68. The van der Waals surface area contributed by atoms with Gasteiger partial charge in [0.15, 0.2) is 0 Å². The van der Waals surface area contributed by atoms with E-state index >= 15 is 0 Å². The van der Waals surface area contributed by atoms with Gasteiger partial charge < -0.3 is 28.8 Å². The van der Waals surface area contributed by atoms with E-state index in [1.54, 1.807) is 6.08 Å². The molecule has 3 atom stereocenters. The molecule has 0 rings (SSSR count). The Labute approximate surface area is 557 Å². The van der Waals surface area contributed by atoms with Crippen molar-refractivity contribution in [1.29, 1.82) is 0 Å². The molecule has 90 heavy (non-hydrogen) atoms. The van der Waals surface area contributed by atoms with Gasteiger partial charge in [0.1, 0.15) is 13.2 Å². The number of carbonyl (C=O) groups is 1. The Morgan fingerprint density at radius 2 is 0.689 bits per heavy atom.